The summed E-state index contributed by atoms with van der Waals surface area (Å²) in [6.07, 6.45) is 5.91. The molecule has 2 heterocycles. The molecular formula is C18H34IN5O3. The van der Waals surface area contributed by atoms with Crippen LogP contribution in [0.15, 0.2) is 4.99 Å². The molecule has 156 valence electrons. The number of halogens is 1. The lowest BCUT2D eigenvalue weighted by Gasteiger charge is -2.35. The van der Waals surface area contributed by atoms with Gasteiger partial charge in [0.2, 0.25) is 11.8 Å². The van der Waals surface area contributed by atoms with Crippen molar-refractivity contribution in [2.24, 2.45) is 16.6 Å². The van der Waals surface area contributed by atoms with E-state index in [9.17, 15) is 9.59 Å². The molecule has 0 radical (unpaired) electrons. The fourth-order valence-electron chi connectivity index (χ4n) is 3.43. The molecule has 0 aromatic heterocycles. The molecule has 0 aromatic carbocycles. The Bertz CT molecular complexity index is 509. The third-order valence-corrected chi connectivity index (χ3v) is 4.93. The minimum absolute atomic E-state index is 0. The van der Waals surface area contributed by atoms with Crippen molar-refractivity contribution in [1.29, 1.82) is 0 Å². The number of ether oxygens (including phenoxy) is 1. The van der Waals surface area contributed by atoms with E-state index in [1.165, 1.54) is 11.3 Å². The zero-order valence-corrected chi connectivity index (χ0v) is 18.8. The first kappa shape index (κ1) is 23.9. The molecule has 3 N–H and O–H groups in total. The predicted octanol–water partition coefficient (Wildman–Crippen LogP) is 0.795. The van der Waals surface area contributed by atoms with Crippen LogP contribution in [0.2, 0.25) is 0 Å². The number of nitrogens with one attached hydrogen (secondary N) is 1. The highest BCUT2D eigenvalue weighted by Gasteiger charge is 2.25. The summed E-state index contributed by atoms with van der Waals surface area (Å²) in [5, 5.41) is 3.39. The van der Waals surface area contributed by atoms with E-state index in [1.807, 2.05) is 0 Å². The van der Waals surface area contributed by atoms with Crippen LogP contribution in [0.1, 0.15) is 38.5 Å². The van der Waals surface area contributed by atoms with Gasteiger partial charge in [-0.1, -0.05) is 0 Å². The first-order chi connectivity index (χ1) is 12.5. The van der Waals surface area contributed by atoms with Gasteiger partial charge in [0.25, 0.3) is 0 Å². The van der Waals surface area contributed by atoms with E-state index in [4.69, 9.17) is 10.5 Å². The molecule has 2 unspecified atom stereocenters. The first-order valence-corrected chi connectivity index (χ1v) is 9.59. The summed E-state index contributed by atoms with van der Waals surface area (Å²) in [6.45, 7) is 3.20. The standard InChI is InChI=1S/C18H33N5O3.HI/c1-22(2)17(25)12-21-18(20-11-15-7-3-4-9-26-15)23-8-5-6-14(13-23)10-16(19)24;/h14-15H,3-13H2,1-2H3,(H2,19,24)(H,20,21);1H. The Morgan fingerprint density at radius 2 is 2.04 bits per heavy atom. The number of likely N-dealkylation sites (tertiary alicyclic amines) is 1. The molecule has 2 atom stereocenters. The van der Waals surface area contributed by atoms with Gasteiger partial charge in [0.1, 0.15) is 6.54 Å². The van der Waals surface area contributed by atoms with Gasteiger partial charge in [0.05, 0.1) is 6.10 Å². The zero-order valence-electron chi connectivity index (χ0n) is 16.5. The molecule has 9 heteroatoms. The third-order valence-electron chi connectivity index (χ3n) is 4.93. The maximum absolute atomic E-state index is 11.9. The minimum Gasteiger partial charge on any atom is -0.376 e. The van der Waals surface area contributed by atoms with Gasteiger partial charge >= 0.3 is 0 Å². The first-order valence-electron chi connectivity index (χ1n) is 9.59. The number of piperidine rings is 1. The van der Waals surface area contributed by atoms with Gasteiger partial charge in [-0.05, 0) is 38.0 Å². The van der Waals surface area contributed by atoms with Crippen LogP contribution < -0.4 is 11.1 Å². The highest BCUT2D eigenvalue weighted by atomic mass is 127. The SMILES string of the molecule is CN(C)C(=O)CN=C(NCC1CCCCO1)N1CCCC(CC(N)=O)C1.I. The Morgan fingerprint density at radius 3 is 2.67 bits per heavy atom. The number of nitrogens with two attached hydrogens (primary N) is 1. The second kappa shape index (κ2) is 12.4. The normalized spacial score (nSPS) is 23.3. The number of carbonyl (C=O) groups excluding carboxylic acids is 2. The number of likely N-dealkylation sites (N-methyl/N-ethyl adjacent to an activating group) is 1. The van der Waals surface area contributed by atoms with Gasteiger partial charge in [0, 0.05) is 46.8 Å². The second-order valence-electron chi connectivity index (χ2n) is 7.42. The fourth-order valence-corrected chi connectivity index (χ4v) is 3.43. The van der Waals surface area contributed by atoms with Crippen molar-refractivity contribution < 1.29 is 14.3 Å². The van der Waals surface area contributed by atoms with Crippen molar-refractivity contribution in [2.45, 2.75) is 44.6 Å². The molecule has 2 aliphatic heterocycles. The Labute approximate surface area is 179 Å². The van der Waals surface area contributed by atoms with Crippen molar-refractivity contribution in [2.75, 3.05) is 46.9 Å². The van der Waals surface area contributed by atoms with E-state index in [0.29, 0.717) is 13.0 Å². The number of aliphatic imine (C=N–C) groups is 1. The van der Waals surface area contributed by atoms with Crippen molar-refractivity contribution in [3.63, 3.8) is 0 Å². The molecule has 8 nitrogen and oxygen atoms in total. The smallest absolute Gasteiger partial charge is 0.243 e. The summed E-state index contributed by atoms with van der Waals surface area (Å²) in [7, 11) is 3.45. The van der Waals surface area contributed by atoms with Crippen LogP contribution in [0.3, 0.4) is 0 Å². The summed E-state index contributed by atoms with van der Waals surface area (Å²) < 4.78 is 5.78. The molecule has 0 aliphatic carbocycles. The van der Waals surface area contributed by atoms with Crippen LogP contribution in [-0.2, 0) is 14.3 Å². The van der Waals surface area contributed by atoms with Gasteiger partial charge in [-0.25, -0.2) is 4.99 Å². The van der Waals surface area contributed by atoms with Crippen LogP contribution in [0.5, 0.6) is 0 Å². The van der Waals surface area contributed by atoms with E-state index in [0.717, 1.165) is 51.3 Å². The molecule has 0 saturated carbocycles. The largest absolute Gasteiger partial charge is 0.376 e. The summed E-state index contributed by atoms with van der Waals surface area (Å²) in [5.41, 5.74) is 5.36. The molecule has 2 aliphatic rings. The van der Waals surface area contributed by atoms with E-state index >= 15 is 0 Å². The number of hydrogen-bond acceptors (Lipinski definition) is 4. The van der Waals surface area contributed by atoms with Crippen molar-refractivity contribution in [3.05, 3.63) is 0 Å². The molecule has 27 heavy (non-hydrogen) atoms. The Hall–Kier alpha value is -1.10. The quantitative estimate of drug-likeness (QED) is 0.323. The lowest BCUT2D eigenvalue weighted by atomic mass is 9.95. The van der Waals surface area contributed by atoms with Crippen molar-refractivity contribution in [1.82, 2.24) is 15.1 Å². The van der Waals surface area contributed by atoms with Crippen LogP contribution in [-0.4, -0.2) is 80.6 Å². The summed E-state index contributed by atoms with van der Waals surface area (Å²) in [5.74, 6) is 0.665. The van der Waals surface area contributed by atoms with Crippen LogP contribution in [0.4, 0.5) is 0 Å². The Morgan fingerprint density at radius 1 is 1.26 bits per heavy atom. The molecule has 0 spiro atoms. The number of carbonyl (C=O) groups is 2. The lowest BCUT2D eigenvalue weighted by molar-refractivity contribution is -0.127. The van der Waals surface area contributed by atoms with Gasteiger partial charge in [0.15, 0.2) is 5.96 Å². The van der Waals surface area contributed by atoms with Crippen LogP contribution in [0.25, 0.3) is 0 Å². The Balaban J connectivity index is 0.00000364. The number of rotatable bonds is 6. The van der Waals surface area contributed by atoms with Crippen molar-refractivity contribution >= 4 is 41.8 Å². The van der Waals surface area contributed by atoms with Crippen LogP contribution >= 0.6 is 24.0 Å². The highest BCUT2D eigenvalue weighted by molar-refractivity contribution is 14.0. The van der Waals surface area contributed by atoms with Crippen LogP contribution in [0, 0.1) is 5.92 Å². The molecule has 2 rings (SSSR count). The molecule has 2 fully saturated rings. The number of nitrogens with zero attached hydrogens (tertiary/aromatic N) is 3. The second-order valence-corrected chi connectivity index (χ2v) is 7.42. The molecule has 0 bridgehead atoms. The zero-order chi connectivity index (χ0) is 18.9. The monoisotopic (exact) mass is 495 g/mol. The van der Waals surface area contributed by atoms with E-state index in [2.05, 4.69) is 15.2 Å². The topological polar surface area (TPSA) is 100 Å². The van der Waals surface area contributed by atoms with E-state index in [1.54, 1.807) is 14.1 Å². The average molecular weight is 495 g/mol. The number of hydrogen-bond donors (Lipinski definition) is 2. The number of primary amides is 1. The lowest BCUT2D eigenvalue weighted by Crippen LogP contribution is -2.49. The molecule has 2 saturated heterocycles. The number of guanidine groups is 1. The van der Waals surface area contributed by atoms with Gasteiger partial charge in [-0.15, -0.1) is 24.0 Å². The van der Waals surface area contributed by atoms with E-state index in [-0.39, 0.29) is 54.4 Å². The number of amides is 2. The minimum atomic E-state index is -0.262. The fraction of sp³-hybridized carbons (Fsp3) is 0.833. The average Bonchev–Trinajstić information content (AvgIpc) is 2.62. The highest BCUT2D eigenvalue weighted by Crippen LogP contribution is 2.19. The maximum Gasteiger partial charge on any atom is 0.243 e. The van der Waals surface area contributed by atoms with Gasteiger partial charge < -0.3 is 25.6 Å². The summed E-state index contributed by atoms with van der Waals surface area (Å²) in [4.78, 5) is 31.4. The molecule has 0 aromatic rings. The molecule has 2 amide bonds. The van der Waals surface area contributed by atoms with Crippen molar-refractivity contribution in [3.8, 4) is 0 Å². The summed E-state index contributed by atoms with van der Waals surface area (Å²) in [6, 6.07) is 0. The third kappa shape index (κ3) is 8.63. The summed E-state index contributed by atoms with van der Waals surface area (Å²) >= 11 is 0. The Kier molecular flexibility index (Phi) is 11.0. The molecular weight excluding hydrogens is 461 g/mol. The maximum atomic E-state index is 11.9. The van der Waals surface area contributed by atoms with Gasteiger partial charge in [-0.2, -0.15) is 0 Å². The van der Waals surface area contributed by atoms with Gasteiger partial charge in [-0.3, -0.25) is 9.59 Å². The van der Waals surface area contributed by atoms with E-state index < -0.39 is 0 Å². The predicted molar refractivity (Wildman–Crippen MR) is 116 cm³/mol.